The molecular weight excluding hydrogens is 440 g/mol. The molecular formula is C19H34N6O6S. The summed E-state index contributed by atoms with van der Waals surface area (Å²) < 4.78 is 31.9. The van der Waals surface area contributed by atoms with Crippen molar-refractivity contribution in [1.82, 2.24) is 18.8 Å². The molecule has 3 N–H and O–H groups in total. The number of carbonyl (C=O) groups excluding carboxylic acids is 1. The molecule has 1 amide bonds. The Labute approximate surface area is 188 Å². The Kier molecular flexibility index (Phi) is 9.01. The zero-order valence-electron chi connectivity index (χ0n) is 19.2. The number of nitrogens with zero attached hydrogens (tertiary/aromatic N) is 4. The van der Waals surface area contributed by atoms with E-state index in [-0.39, 0.29) is 55.3 Å². The maximum Gasteiger partial charge on any atom is 0.330 e. The minimum Gasteiger partial charge on any atom is -0.383 e. The quantitative estimate of drug-likeness (QED) is 0.426. The Morgan fingerprint density at radius 2 is 1.84 bits per heavy atom. The van der Waals surface area contributed by atoms with Gasteiger partial charge in [-0.3, -0.25) is 24.0 Å². The lowest BCUT2D eigenvalue weighted by Gasteiger charge is -2.34. The number of nitrogens with one attached hydrogen (secondary N) is 1. The normalized spacial score (nSPS) is 15.9. The molecule has 2 rings (SSSR count). The smallest absolute Gasteiger partial charge is 0.330 e. The number of nitrogen functional groups attached to an aromatic ring is 1. The van der Waals surface area contributed by atoms with Crippen LogP contribution >= 0.6 is 0 Å². The summed E-state index contributed by atoms with van der Waals surface area (Å²) in [5.41, 5.74) is 4.73. The largest absolute Gasteiger partial charge is 0.383 e. The lowest BCUT2D eigenvalue weighted by Crippen LogP contribution is -2.52. The summed E-state index contributed by atoms with van der Waals surface area (Å²) in [6, 6.07) is 0. The van der Waals surface area contributed by atoms with Crippen LogP contribution in [0.5, 0.6) is 0 Å². The summed E-state index contributed by atoms with van der Waals surface area (Å²) in [6.07, 6.45) is 0. The minimum atomic E-state index is -3.27. The highest BCUT2D eigenvalue weighted by Gasteiger charge is 2.29. The molecule has 0 atom stereocenters. The van der Waals surface area contributed by atoms with Crippen LogP contribution in [0.2, 0.25) is 0 Å². The monoisotopic (exact) mass is 474 g/mol. The topological polar surface area (TPSA) is 151 Å². The molecule has 0 bridgehead atoms. The first-order chi connectivity index (χ1) is 15.0. The Bertz CT molecular complexity index is 1010. The molecule has 13 heteroatoms. The van der Waals surface area contributed by atoms with Gasteiger partial charge in [0.1, 0.15) is 5.82 Å². The molecule has 1 aromatic rings. The number of sulfonamides is 1. The van der Waals surface area contributed by atoms with Crippen molar-refractivity contribution in [3.8, 4) is 0 Å². The van der Waals surface area contributed by atoms with Gasteiger partial charge in [-0.25, -0.2) is 13.2 Å². The van der Waals surface area contributed by atoms with Crippen LogP contribution in [0.1, 0.15) is 20.8 Å². The van der Waals surface area contributed by atoms with Crippen molar-refractivity contribution < 1.29 is 17.9 Å². The van der Waals surface area contributed by atoms with Crippen molar-refractivity contribution >= 4 is 27.4 Å². The third kappa shape index (κ3) is 6.18. The van der Waals surface area contributed by atoms with Gasteiger partial charge in [0, 0.05) is 46.4 Å². The molecule has 1 saturated heterocycles. The van der Waals surface area contributed by atoms with Gasteiger partial charge in [-0.15, -0.1) is 0 Å². The fourth-order valence-electron chi connectivity index (χ4n) is 3.55. The molecule has 182 valence electrons. The lowest BCUT2D eigenvalue weighted by molar-refractivity contribution is -0.120. The molecule has 0 spiro atoms. The van der Waals surface area contributed by atoms with Crippen LogP contribution in [0.25, 0.3) is 0 Å². The number of piperazine rings is 1. The number of H-pyrrole nitrogens is 1. The van der Waals surface area contributed by atoms with E-state index < -0.39 is 21.3 Å². The molecule has 0 unspecified atom stereocenters. The molecule has 1 fully saturated rings. The van der Waals surface area contributed by atoms with Gasteiger partial charge < -0.3 is 15.4 Å². The molecule has 12 nitrogen and oxygen atoms in total. The molecule has 0 radical (unpaired) electrons. The molecule has 1 aliphatic heterocycles. The Morgan fingerprint density at radius 3 is 2.38 bits per heavy atom. The van der Waals surface area contributed by atoms with E-state index in [1.165, 1.54) is 20.9 Å². The van der Waals surface area contributed by atoms with Gasteiger partial charge in [0.25, 0.3) is 5.56 Å². The number of aromatic nitrogens is 2. The number of methoxy groups -OCH3 is 1. The maximum absolute atomic E-state index is 13.2. The number of anilines is 2. The van der Waals surface area contributed by atoms with Crippen molar-refractivity contribution in [2.45, 2.75) is 27.3 Å². The van der Waals surface area contributed by atoms with Crippen molar-refractivity contribution in [3.63, 3.8) is 0 Å². The predicted octanol–water partition coefficient (Wildman–Crippen LogP) is -1.28. The lowest BCUT2D eigenvalue weighted by atomic mass is 10.2. The van der Waals surface area contributed by atoms with E-state index in [1.807, 2.05) is 18.7 Å². The number of rotatable bonds is 10. The average Bonchev–Trinajstić information content (AvgIpc) is 2.73. The first-order valence-corrected chi connectivity index (χ1v) is 12.2. The summed E-state index contributed by atoms with van der Waals surface area (Å²) in [5, 5.41) is 0. The van der Waals surface area contributed by atoms with Gasteiger partial charge in [0.2, 0.25) is 15.9 Å². The molecule has 0 saturated carbocycles. The number of carbonyl (C=O) groups is 1. The summed E-state index contributed by atoms with van der Waals surface area (Å²) >= 11 is 0. The van der Waals surface area contributed by atoms with Gasteiger partial charge in [-0.1, -0.05) is 13.8 Å². The average molecular weight is 475 g/mol. The number of ether oxygens (including phenoxy) is 1. The Morgan fingerprint density at radius 1 is 1.22 bits per heavy atom. The second kappa shape index (κ2) is 11.1. The SMILES string of the molecule is CCS(=O)(=O)N1CCN(CC(=O)N(CCOC)c2c(N)n(CC(C)C)c(=O)[nH]c2=O)CC1. The summed E-state index contributed by atoms with van der Waals surface area (Å²) in [7, 11) is -1.80. The Balaban J connectivity index is 2.27. The van der Waals surface area contributed by atoms with Crippen LogP contribution in [-0.2, 0) is 26.1 Å². The van der Waals surface area contributed by atoms with Gasteiger partial charge in [-0.2, -0.15) is 4.31 Å². The van der Waals surface area contributed by atoms with Crippen LogP contribution in [0.3, 0.4) is 0 Å². The standard InChI is InChI=1S/C19H34N6O6S/c1-5-32(29,30)23-8-6-22(7-9-23)13-15(26)24(10-11-31-4)16-17(20)25(12-14(2)3)19(28)21-18(16)27/h14H,5-13,20H2,1-4H3,(H,21,27,28). The number of hydrogen-bond acceptors (Lipinski definition) is 8. The highest BCUT2D eigenvalue weighted by molar-refractivity contribution is 7.89. The van der Waals surface area contributed by atoms with Crippen LogP contribution in [-0.4, -0.2) is 91.8 Å². The summed E-state index contributed by atoms with van der Waals surface area (Å²) in [6.45, 7) is 7.28. The zero-order valence-corrected chi connectivity index (χ0v) is 20.0. The van der Waals surface area contributed by atoms with Crippen LogP contribution in [0.15, 0.2) is 9.59 Å². The van der Waals surface area contributed by atoms with Crippen molar-refractivity contribution in [2.24, 2.45) is 5.92 Å². The highest BCUT2D eigenvalue weighted by Crippen LogP contribution is 2.18. The van der Waals surface area contributed by atoms with Gasteiger partial charge in [0.05, 0.1) is 18.9 Å². The van der Waals surface area contributed by atoms with E-state index in [4.69, 9.17) is 10.5 Å². The van der Waals surface area contributed by atoms with E-state index in [1.54, 1.807) is 6.92 Å². The third-order valence-electron chi connectivity index (χ3n) is 5.30. The molecule has 1 aliphatic rings. The van der Waals surface area contributed by atoms with Gasteiger partial charge in [-0.05, 0) is 12.8 Å². The van der Waals surface area contributed by atoms with E-state index in [0.29, 0.717) is 26.2 Å². The Hall–Kier alpha value is -2.22. The van der Waals surface area contributed by atoms with Crippen molar-refractivity contribution in [1.29, 1.82) is 0 Å². The first kappa shape index (κ1) is 26.0. The fourth-order valence-corrected chi connectivity index (χ4v) is 4.64. The minimum absolute atomic E-state index is 0.0219. The van der Waals surface area contributed by atoms with Crippen molar-refractivity contribution in [3.05, 3.63) is 20.8 Å². The van der Waals surface area contributed by atoms with Crippen molar-refractivity contribution in [2.75, 3.05) is 69.4 Å². The van der Waals surface area contributed by atoms with Crippen LogP contribution in [0.4, 0.5) is 11.5 Å². The molecule has 32 heavy (non-hydrogen) atoms. The second-order valence-corrected chi connectivity index (χ2v) is 10.4. The summed E-state index contributed by atoms with van der Waals surface area (Å²) in [5.74, 6) is -0.339. The van der Waals surface area contributed by atoms with Crippen LogP contribution in [0, 0.1) is 5.92 Å². The maximum atomic E-state index is 13.2. The van der Waals surface area contributed by atoms with E-state index in [0.717, 1.165) is 0 Å². The number of amides is 1. The molecule has 0 aromatic carbocycles. The fraction of sp³-hybridized carbons (Fsp3) is 0.737. The third-order valence-corrected chi connectivity index (χ3v) is 7.18. The number of aromatic amines is 1. The van der Waals surface area contributed by atoms with Gasteiger partial charge >= 0.3 is 5.69 Å². The summed E-state index contributed by atoms with van der Waals surface area (Å²) in [4.78, 5) is 43.4. The molecule has 2 heterocycles. The second-order valence-electron chi connectivity index (χ2n) is 8.11. The van der Waals surface area contributed by atoms with E-state index in [2.05, 4.69) is 4.98 Å². The predicted molar refractivity (Wildman–Crippen MR) is 122 cm³/mol. The van der Waals surface area contributed by atoms with E-state index >= 15 is 0 Å². The molecule has 0 aliphatic carbocycles. The zero-order chi connectivity index (χ0) is 24.1. The van der Waals surface area contributed by atoms with Gasteiger partial charge in [0.15, 0.2) is 5.69 Å². The number of nitrogens with two attached hydrogens (primary N) is 1. The van der Waals surface area contributed by atoms with E-state index in [9.17, 15) is 22.8 Å². The van der Waals surface area contributed by atoms with Crippen LogP contribution < -0.4 is 21.9 Å². The first-order valence-electron chi connectivity index (χ1n) is 10.6. The highest BCUT2D eigenvalue weighted by atomic mass is 32.2. The molecule has 1 aromatic heterocycles. The number of hydrogen-bond donors (Lipinski definition) is 2.